The van der Waals surface area contributed by atoms with Gasteiger partial charge in [0.1, 0.15) is 0 Å². The minimum absolute atomic E-state index is 0.00819. The van der Waals surface area contributed by atoms with E-state index in [0.717, 1.165) is 29.8 Å². The maximum absolute atomic E-state index is 13.3. The van der Waals surface area contributed by atoms with Crippen LogP contribution in [0.5, 0.6) is 0 Å². The maximum Gasteiger partial charge on any atom is 0.254 e. The number of thioether (sulfide) groups is 1. The average molecular weight is 476 g/mol. The molecule has 1 atom stereocenters. The van der Waals surface area contributed by atoms with Crippen LogP contribution in [0.15, 0.2) is 72.4 Å². The molecule has 0 spiro atoms. The highest BCUT2D eigenvalue weighted by atomic mass is 32.2. The van der Waals surface area contributed by atoms with Crippen molar-refractivity contribution in [3.63, 3.8) is 0 Å². The monoisotopic (exact) mass is 475 g/mol. The zero-order chi connectivity index (χ0) is 23.9. The highest BCUT2D eigenvalue weighted by Gasteiger charge is 2.34. The van der Waals surface area contributed by atoms with E-state index in [0.29, 0.717) is 30.4 Å². The van der Waals surface area contributed by atoms with Gasteiger partial charge in [0.25, 0.3) is 5.91 Å². The number of hydrogen-bond donors (Lipinski definition) is 1. The van der Waals surface area contributed by atoms with E-state index in [1.807, 2.05) is 71.0 Å². The third kappa shape index (κ3) is 5.56. The number of carbonyl (C=O) groups excluding carboxylic acids is 2. The van der Waals surface area contributed by atoms with Crippen molar-refractivity contribution >= 4 is 23.6 Å². The molecule has 1 saturated heterocycles. The minimum Gasteiger partial charge on any atom is -0.351 e. The van der Waals surface area contributed by atoms with E-state index in [1.165, 1.54) is 11.8 Å². The maximum atomic E-state index is 13.3. The van der Waals surface area contributed by atoms with Crippen LogP contribution in [0.25, 0.3) is 0 Å². The van der Waals surface area contributed by atoms with Crippen LogP contribution in [0, 0.1) is 6.92 Å². The van der Waals surface area contributed by atoms with Gasteiger partial charge in [0.15, 0.2) is 11.0 Å². The van der Waals surface area contributed by atoms with Gasteiger partial charge in [-0.3, -0.25) is 9.59 Å². The highest BCUT2D eigenvalue weighted by molar-refractivity contribution is 7.99. The molecular formula is C26H29N5O2S. The Labute approximate surface area is 204 Å². The molecule has 176 valence electrons. The summed E-state index contributed by atoms with van der Waals surface area (Å²) in [5.74, 6) is 0.915. The average Bonchev–Trinajstić information content (AvgIpc) is 3.49. The van der Waals surface area contributed by atoms with Crippen LogP contribution in [0.3, 0.4) is 0 Å². The van der Waals surface area contributed by atoms with E-state index in [1.54, 1.807) is 6.08 Å². The fourth-order valence-electron chi connectivity index (χ4n) is 4.15. The molecule has 2 amide bonds. The van der Waals surface area contributed by atoms with Crippen LogP contribution >= 0.6 is 11.8 Å². The van der Waals surface area contributed by atoms with Crippen molar-refractivity contribution in [2.45, 2.75) is 44.1 Å². The summed E-state index contributed by atoms with van der Waals surface area (Å²) in [6.07, 6.45) is 3.52. The van der Waals surface area contributed by atoms with Crippen LogP contribution in [0.4, 0.5) is 0 Å². The number of amides is 2. The Bertz CT molecular complexity index is 1160. The summed E-state index contributed by atoms with van der Waals surface area (Å²) in [5.41, 5.74) is 2.80. The molecule has 34 heavy (non-hydrogen) atoms. The second kappa shape index (κ2) is 11.2. The molecule has 1 fully saturated rings. The molecule has 0 aliphatic carbocycles. The number of carbonyl (C=O) groups is 2. The smallest absolute Gasteiger partial charge is 0.254 e. The van der Waals surface area contributed by atoms with Crippen LogP contribution in [0.2, 0.25) is 0 Å². The van der Waals surface area contributed by atoms with Crippen LogP contribution < -0.4 is 5.32 Å². The first-order valence-corrected chi connectivity index (χ1v) is 12.4. The summed E-state index contributed by atoms with van der Waals surface area (Å²) in [6, 6.07) is 17.3. The molecule has 3 aromatic rings. The first kappa shape index (κ1) is 23.8. The lowest BCUT2D eigenvalue weighted by Crippen LogP contribution is -2.32. The first-order chi connectivity index (χ1) is 16.6. The Morgan fingerprint density at radius 3 is 2.76 bits per heavy atom. The topological polar surface area (TPSA) is 80.1 Å². The zero-order valence-corrected chi connectivity index (χ0v) is 20.1. The Kier molecular flexibility index (Phi) is 7.80. The van der Waals surface area contributed by atoms with E-state index < -0.39 is 0 Å². The van der Waals surface area contributed by atoms with Crippen molar-refractivity contribution in [2.24, 2.45) is 0 Å². The molecule has 2 aromatic carbocycles. The largest absolute Gasteiger partial charge is 0.351 e. The predicted octanol–water partition coefficient (Wildman–Crippen LogP) is 4.16. The van der Waals surface area contributed by atoms with Gasteiger partial charge in [0.05, 0.1) is 11.8 Å². The summed E-state index contributed by atoms with van der Waals surface area (Å²) in [4.78, 5) is 27.5. The molecule has 1 unspecified atom stereocenters. The molecule has 1 aromatic heterocycles. The van der Waals surface area contributed by atoms with Crippen LogP contribution in [-0.2, 0) is 17.9 Å². The SMILES string of the molecule is C=CCn1c(SCC(=O)NCc2ccccc2)nnc1C1CCCN1C(=O)c1cccc(C)c1. The summed E-state index contributed by atoms with van der Waals surface area (Å²) in [5, 5.41) is 12.4. The molecule has 1 aliphatic heterocycles. The lowest BCUT2D eigenvalue weighted by molar-refractivity contribution is -0.118. The quantitative estimate of drug-likeness (QED) is 0.371. The molecule has 0 saturated carbocycles. The molecule has 8 heteroatoms. The molecule has 7 nitrogen and oxygen atoms in total. The normalized spacial score (nSPS) is 15.3. The van der Waals surface area contributed by atoms with E-state index >= 15 is 0 Å². The van der Waals surface area contributed by atoms with Crippen LogP contribution in [-0.4, -0.2) is 43.8 Å². The van der Waals surface area contributed by atoms with Gasteiger partial charge in [0.2, 0.25) is 5.91 Å². The molecule has 4 rings (SSSR count). The lowest BCUT2D eigenvalue weighted by atomic mass is 10.1. The molecule has 0 bridgehead atoms. The summed E-state index contributed by atoms with van der Waals surface area (Å²) < 4.78 is 1.97. The van der Waals surface area contributed by atoms with E-state index in [-0.39, 0.29) is 23.6 Å². The number of nitrogens with zero attached hydrogens (tertiary/aromatic N) is 4. The number of likely N-dealkylation sites (tertiary alicyclic amines) is 1. The summed E-state index contributed by atoms with van der Waals surface area (Å²) in [6.45, 7) is 7.54. The fraction of sp³-hybridized carbons (Fsp3) is 0.308. The number of aryl methyl sites for hydroxylation is 1. The van der Waals surface area contributed by atoms with Gasteiger partial charge in [-0.2, -0.15) is 0 Å². The molecule has 1 N–H and O–H groups in total. The zero-order valence-electron chi connectivity index (χ0n) is 19.3. The van der Waals surface area contributed by atoms with Crippen molar-refractivity contribution in [3.05, 3.63) is 89.8 Å². The van der Waals surface area contributed by atoms with E-state index in [2.05, 4.69) is 22.1 Å². The Balaban J connectivity index is 1.45. The number of benzene rings is 2. The van der Waals surface area contributed by atoms with Crippen molar-refractivity contribution in [1.82, 2.24) is 25.0 Å². The van der Waals surface area contributed by atoms with Gasteiger partial charge in [-0.15, -0.1) is 16.8 Å². The van der Waals surface area contributed by atoms with Gasteiger partial charge < -0.3 is 14.8 Å². The summed E-state index contributed by atoms with van der Waals surface area (Å²) in [7, 11) is 0. The number of aromatic nitrogens is 3. The predicted molar refractivity (Wildman–Crippen MR) is 133 cm³/mol. The van der Waals surface area contributed by atoms with Gasteiger partial charge in [-0.25, -0.2) is 0 Å². The van der Waals surface area contributed by atoms with Gasteiger partial charge in [0, 0.05) is 25.2 Å². The Hall–Kier alpha value is -3.39. The van der Waals surface area contributed by atoms with Gasteiger partial charge in [-0.05, 0) is 37.5 Å². The summed E-state index contributed by atoms with van der Waals surface area (Å²) >= 11 is 1.34. The van der Waals surface area contributed by atoms with Crippen molar-refractivity contribution in [2.75, 3.05) is 12.3 Å². The standard InChI is InChI=1S/C26H29N5O2S/c1-3-14-31-24(22-13-8-15-30(22)25(33)21-12-7-9-19(2)16-21)28-29-26(31)34-18-23(32)27-17-20-10-5-4-6-11-20/h3-7,9-12,16,22H,1,8,13-15,17-18H2,2H3,(H,27,32). The second-order valence-electron chi connectivity index (χ2n) is 8.32. The van der Waals surface area contributed by atoms with E-state index in [4.69, 9.17) is 0 Å². The highest BCUT2D eigenvalue weighted by Crippen LogP contribution is 2.34. The molecular weight excluding hydrogens is 446 g/mol. The van der Waals surface area contributed by atoms with Crippen molar-refractivity contribution < 1.29 is 9.59 Å². The third-order valence-corrected chi connectivity index (χ3v) is 6.77. The molecule has 1 aliphatic rings. The first-order valence-electron chi connectivity index (χ1n) is 11.4. The van der Waals surface area contributed by atoms with Gasteiger partial charge >= 0.3 is 0 Å². The van der Waals surface area contributed by atoms with Gasteiger partial charge in [-0.1, -0.05) is 65.9 Å². The number of nitrogens with one attached hydrogen (secondary N) is 1. The number of allylic oxidation sites excluding steroid dienone is 1. The minimum atomic E-state index is -0.151. The third-order valence-electron chi connectivity index (χ3n) is 5.80. The number of rotatable bonds is 9. The van der Waals surface area contributed by atoms with Crippen molar-refractivity contribution in [1.29, 1.82) is 0 Å². The van der Waals surface area contributed by atoms with Crippen LogP contribution in [0.1, 0.15) is 46.2 Å². The Morgan fingerprint density at radius 1 is 1.18 bits per heavy atom. The molecule has 0 radical (unpaired) electrons. The fourth-order valence-corrected chi connectivity index (χ4v) is 4.94. The molecule has 2 heterocycles. The van der Waals surface area contributed by atoms with Crippen molar-refractivity contribution in [3.8, 4) is 0 Å². The number of hydrogen-bond acceptors (Lipinski definition) is 5. The van der Waals surface area contributed by atoms with E-state index in [9.17, 15) is 9.59 Å². The second-order valence-corrected chi connectivity index (χ2v) is 9.26. The Morgan fingerprint density at radius 2 is 2.00 bits per heavy atom. The lowest BCUT2D eigenvalue weighted by Gasteiger charge is -2.25.